The van der Waals surface area contributed by atoms with Gasteiger partial charge in [0.1, 0.15) is 16.8 Å². The van der Waals surface area contributed by atoms with Crippen LogP contribution in [0.3, 0.4) is 0 Å². The fraction of sp³-hybridized carbons (Fsp3) is 0.0769. The number of nitriles is 1. The summed E-state index contributed by atoms with van der Waals surface area (Å²) in [4.78, 5) is 4.02. The van der Waals surface area contributed by atoms with Crippen LogP contribution in [-0.2, 0) is 0 Å². The van der Waals surface area contributed by atoms with Crippen molar-refractivity contribution in [2.45, 2.75) is 6.92 Å². The molecule has 1 N–H and O–H groups in total. The molecule has 0 aliphatic rings. The minimum atomic E-state index is -0.333. The van der Waals surface area contributed by atoms with E-state index in [1.54, 1.807) is 19.1 Å². The van der Waals surface area contributed by atoms with Crippen LogP contribution in [0.2, 0.25) is 5.15 Å². The highest BCUT2D eigenvalue weighted by Crippen LogP contribution is 2.20. The van der Waals surface area contributed by atoms with E-state index in [2.05, 4.69) is 10.3 Å². The van der Waals surface area contributed by atoms with Gasteiger partial charge in [-0.25, -0.2) is 9.37 Å². The van der Waals surface area contributed by atoms with Crippen molar-refractivity contribution in [3.05, 3.63) is 52.4 Å². The summed E-state index contributed by atoms with van der Waals surface area (Å²) in [5, 5.41) is 11.9. The van der Waals surface area contributed by atoms with Crippen LogP contribution in [-0.4, -0.2) is 4.98 Å². The molecule has 1 aromatic carbocycles. The maximum absolute atomic E-state index is 13.2. The van der Waals surface area contributed by atoms with Crippen LogP contribution in [0.4, 0.5) is 15.9 Å². The number of aromatic nitrogens is 1. The summed E-state index contributed by atoms with van der Waals surface area (Å²) in [7, 11) is 0. The molecule has 2 aromatic rings. The quantitative estimate of drug-likeness (QED) is 0.837. The number of anilines is 2. The zero-order valence-corrected chi connectivity index (χ0v) is 10.3. The minimum absolute atomic E-state index is 0.213. The zero-order valence-electron chi connectivity index (χ0n) is 9.54. The van der Waals surface area contributed by atoms with Crippen molar-refractivity contribution in [2.24, 2.45) is 0 Å². The summed E-state index contributed by atoms with van der Waals surface area (Å²) in [5.41, 5.74) is 1.75. The lowest BCUT2D eigenvalue weighted by atomic mass is 10.2. The number of hydrogen-bond donors (Lipinski definition) is 1. The predicted octanol–water partition coefficient (Wildman–Crippen LogP) is 3.80. The summed E-state index contributed by atoms with van der Waals surface area (Å²) in [5.74, 6) is 0.0732. The van der Waals surface area contributed by atoms with Crippen LogP contribution in [0.15, 0.2) is 30.3 Å². The zero-order chi connectivity index (χ0) is 13.1. The van der Waals surface area contributed by atoms with E-state index >= 15 is 0 Å². The molecule has 0 saturated carbocycles. The number of nitrogens with zero attached hydrogens (tertiary/aromatic N) is 2. The Morgan fingerprint density at radius 3 is 2.72 bits per heavy atom. The van der Waals surface area contributed by atoms with Crippen molar-refractivity contribution in [1.29, 1.82) is 5.26 Å². The largest absolute Gasteiger partial charge is 0.340 e. The molecule has 0 aliphatic heterocycles. The van der Waals surface area contributed by atoms with Gasteiger partial charge in [-0.1, -0.05) is 11.6 Å². The molecule has 0 amide bonds. The highest BCUT2D eigenvalue weighted by atomic mass is 35.5. The van der Waals surface area contributed by atoms with Crippen molar-refractivity contribution in [3.63, 3.8) is 0 Å². The third-order valence-corrected chi connectivity index (χ3v) is 2.43. The highest BCUT2D eigenvalue weighted by Gasteiger charge is 2.03. The topological polar surface area (TPSA) is 48.7 Å². The van der Waals surface area contributed by atoms with Crippen LogP contribution < -0.4 is 5.32 Å². The molecule has 3 nitrogen and oxygen atoms in total. The van der Waals surface area contributed by atoms with E-state index < -0.39 is 0 Å². The predicted molar refractivity (Wildman–Crippen MR) is 68.4 cm³/mol. The monoisotopic (exact) mass is 261 g/mol. The Kier molecular flexibility index (Phi) is 3.45. The first-order valence-corrected chi connectivity index (χ1v) is 5.56. The lowest BCUT2D eigenvalue weighted by Gasteiger charge is -2.07. The van der Waals surface area contributed by atoms with E-state index in [0.29, 0.717) is 17.1 Å². The van der Waals surface area contributed by atoms with Crippen molar-refractivity contribution in [1.82, 2.24) is 4.98 Å². The summed E-state index contributed by atoms with van der Waals surface area (Å²) in [6, 6.07) is 9.54. The van der Waals surface area contributed by atoms with Crippen LogP contribution in [0.1, 0.15) is 11.1 Å². The van der Waals surface area contributed by atoms with E-state index in [4.69, 9.17) is 16.9 Å². The summed E-state index contributed by atoms with van der Waals surface area (Å²) >= 11 is 5.78. The standard InChI is InChI=1S/C13H9ClFN3/c1-8-2-10(15)6-11(3-8)17-13-5-9(7-16)4-12(14)18-13/h2-6H,1H3,(H,17,18). The van der Waals surface area contributed by atoms with Crippen LogP contribution in [0.5, 0.6) is 0 Å². The molecule has 90 valence electrons. The Bertz CT molecular complexity index is 614. The molecule has 0 spiro atoms. The maximum Gasteiger partial charge on any atom is 0.133 e. The fourth-order valence-corrected chi connectivity index (χ4v) is 1.79. The summed E-state index contributed by atoms with van der Waals surface area (Å²) in [6.07, 6.45) is 0. The molecule has 1 aromatic heterocycles. The molecule has 0 atom stereocenters. The van der Waals surface area contributed by atoms with Gasteiger partial charge in [0.05, 0.1) is 11.6 Å². The first kappa shape index (κ1) is 12.3. The van der Waals surface area contributed by atoms with E-state index in [9.17, 15) is 4.39 Å². The Morgan fingerprint density at radius 2 is 2.06 bits per heavy atom. The fourth-order valence-electron chi connectivity index (χ4n) is 1.58. The number of benzene rings is 1. The average Bonchev–Trinajstić information content (AvgIpc) is 2.26. The Balaban J connectivity index is 2.34. The van der Waals surface area contributed by atoms with Crippen LogP contribution in [0, 0.1) is 24.1 Å². The second kappa shape index (κ2) is 5.03. The number of rotatable bonds is 2. The van der Waals surface area contributed by atoms with Gasteiger partial charge in [0.2, 0.25) is 0 Å². The average molecular weight is 262 g/mol. The Morgan fingerprint density at radius 1 is 1.28 bits per heavy atom. The number of nitrogens with one attached hydrogen (secondary N) is 1. The second-order valence-corrected chi connectivity index (χ2v) is 4.21. The molecular formula is C13H9ClFN3. The summed E-state index contributed by atoms with van der Waals surface area (Å²) < 4.78 is 13.2. The number of halogens is 2. The molecule has 0 saturated heterocycles. The maximum atomic E-state index is 13.2. The first-order chi connectivity index (χ1) is 8.56. The van der Waals surface area contributed by atoms with Crippen LogP contribution in [0.25, 0.3) is 0 Å². The first-order valence-electron chi connectivity index (χ1n) is 5.19. The second-order valence-electron chi connectivity index (χ2n) is 3.82. The summed E-state index contributed by atoms with van der Waals surface area (Å²) in [6.45, 7) is 1.79. The molecule has 0 unspecified atom stereocenters. The molecule has 1 heterocycles. The van der Waals surface area contributed by atoms with Crippen molar-refractivity contribution in [2.75, 3.05) is 5.32 Å². The van der Waals surface area contributed by atoms with E-state index in [0.717, 1.165) is 5.56 Å². The molecular weight excluding hydrogens is 253 g/mol. The van der Waals surface area contributed by atoms with Gasteiger partial charge in [-0.05, 0) is 42.8 Å². The third kappa shape index (κ3) is 2.96. The van der Waals surface area contributed by atoms with Gasteiger partial charge in [0, 0.05) is 5.69 Å². The van der Waals surface area contributed by atoms with Gasteiger partial charge in [0.15, 0.2) is 0 Å². The van der Waals surface area contributed by atoms with E-state index in [1.807, 2.05) is 6.07 Å². The minimum Gasteiger partial charge on any atom is -0.340 e. The van der Waals surface area contributed by atoms with Crippen molar-refractivity contribution in [3.8, 4) is 6.07 Å². The SMILES string of the molecule is Cc1cc(F)cc(Nc2cc(C#N)cc(Cl)n2)c1. The normalized spacial score (nSPS) is 9.89. The smallest absolute Gasteiger partial charge is 0.133 e. The van der Waals surface area contributed by atoms with Gasteiger partial charge >= 0.3 is 0 Å². The van der Waals surface area contributed by atoms with E-state index in [-0.39, 0.29) is 11.0 Å². The lowest BCUT2D eigenvalue weighted by Crippen LogP contribution is -1.96. The van der Waals surface area contributed by atoms with Gasteiger partial charge in [-0.3, -0.25) is 0 Å². The molecule has 18 heavy (non-hydrogen) atoms. The van der Waals surface area contributed by atoms with Gasteiger partial charge < -0.3 is 5.32 Å². The van der Waals surface area contributed by atoms with E-state index in [1.165, 1.54) is 18.2 Å². The number of aryl methyl sites for hydroxylation is 1. The number of hydrogen-bond acceptors (Lipinski definition) is 3. The molecule has 0 aliphatic carbocycles. The number of pyridine rings is 1. The molecule has 2 rings (SSSR count). The van der Waals surface area contributed by atoms with Gasteiger partial charge in [0.25, 0.3) is 0 Å². The van der Waals surface area contributed by atoms with Crippen molar-refractivity contribution < 1.29 is 4.39 Å². The highest BCUT2D eigenvalue weighted by molar-refractivity contribution is 6.29. The van der Waals surface area contributed by atoms with Gasteiger partial charge in [-0.2, -0.15) is 5.26 Å². The molecule has 0 bridgehead atoms. The van der Waals surface area contributed by atoms with Crippen LogP contribution >= 0.6 is 11.6 Å². The Labute approximate surface area is 109 Å². The van der Waals surface area contributed by atoms with Gasteiger partial charge in [-0.15, -0.1) is 0 Å². The third-order valence-electron chi connectivity index (χ3n) is 2.24. The van der Waals surface area contributed by atoms with Crippen molar-refractivity contribution >= 4 is 23.1 Å². The molecule has 5 heteroatoms. The molecule has 0 radical (unpaired) electrons. The molecule has 0 fully saturated rings. The Hall–Kier alpha value is -2.12. The lowest BCUT2D eigenvalue weighted by molar-refractivity contribution is 0.627.